The predicted molar refractivity (Wildman–Crippen MR) is 152 cm³/mol. The quantitative estimate of drug-likeness (QED) is 0.287. The van der Waals surface area contributed by atoms with Crippen LogP contribution in [0.2, 0.25) is 0 Å². The van der Waals surface area contributed by atoms with Crippen LogP contribution < -0.4 is 21.2 Å². The van der Waals surface area contributed by atoms with Crippen LogP contribution >= 0.6 is 15.8 Å². The van der Waals surface area contributed by atoms with E-state index < -0.39 is 21.6 Å². The highest BCUT2D eigenvalue weighted by molar-refractivity contribution is 7.73. The van der Waals surface area contributed by atoms with Gasteiger partial charge in [-0.25, -0.2) is 0 Å². The Hall–Kier alpha value is -2.34. The van der Waals surface area contributed by atoms with Gasteiger partial charge in [0.15, 0.2) is 5.79 Å². The van der Waals surface area contributed by atoms with Crippen molar-refractivity contribution >= 4 is 37.1 Å². The largest absolute Gasteiger partial charge is 0.344 e. The Morgan fingerprint density at radius 1 is 0.486 bits per heavy atom. The zero-order chi connectivity index (χ0) is 24.1. The smallest absolute Gasteiger partial charge is 0.163 e. The summed E-state index contributed by atoms with van der Waals surface area (Å²) in [7, 11) is -1.12. The van der Waals surface area contributed by atoms with Crippen molar-refractivity contribution in [2.24, 2.45) is 0 Å². The van der Waals surface area contributed by atoms with Gasteiger partial charge >= 0.3 is 0 Å². The van der Waals surface area contributed by atoms with Gasteiger partial charge in [-0.2, -0.15) is 0 Å². The van der Waals surface area contributed by atoms with E-state index in [0.717, 1.165) is 12.3 Å². The molecule has 1 aliphatic rings. The standard InChI is InChI=1S/C31H32O2P2/c1-31(2)32-29(23-34(25-15-7-3-8-16-25)26-17-9-4-10-18-26)30(33-31)24-35(27-19-11-5-12-20-27)28-21-13-6-14-22-28/h3-22,29-30H,23-24H2,1-2H3/t29-,30-/m0/s1. The van der Waals surface area contributed by atoms with Gasteiger partial charge in [0.1, 0.15) is 0 Å². The van der Waals surface area contributed by atoms with E-state index in [1.807, 2.05) is 0 Å². The lowest BCUT2D eigenvalue weighted by Gasteiger charge is -2.27. The van der Waals surface area contributed by atoms with Crippen molar-refractivity contribution < 1.29 is 9.47 Å². The zero-order valence-electron chi connectivity index (χ0n) is 20.3. The minimum absolute atomic E-state index is 0.0361. The fourth-order valence-electron chi connectivity index (χ4n) is 4.73. The normalized spacial score (nSPS) is 19.3. The second kappa shape index (κ2) is 11.2. The minimum atomic E-state index is -0.585. The van der Waals surface area contributed by atoms with Crippen molar-refractivity contribution in [3.63, 3.8) is 0 Å². The van der Waals surface area contributed by atoms with Crippen LogP contribution in [0.5, 0.6) is 0 Å². The molecule has 4 aromatic carbocycles. The Morgan fingerprint density at radius 3 is 1.00 bits per heavy atom. The first kappa shape index (κ1) is 24.4. The van der Waals surface area contributed by atoms with E-state index in [0.29, 0.717) is 0 Å². The summed E-state index contributed by atoms with van der Waals surface area (Å²) in [5.41, 5.74) is 0. The summed E-state index contributed by atoms with van der Waals surface area (Å²) in [6.07, 6.45) is 1.97. The Labute approximate surface area is 211 Å². The minimum Gasteiger partial charge on any atom is -0.344 e. The fourth-order valence-corrected chi connectivity index (χ4v) is 9.64. The average Bonchev–Trinajstić information content (AvgIpc) is 3.20. The summed E-state index contributed by atoms with van der Waals surface area (Å²) in [6, 6.07) is 43.6. The van der Waals surface area contributed by atoms with Gasteiger partial charge in [0.25, 0.3) is 0 Å². The van der Waals surface area contributed by atoms with Crippen molar-refractivity contribution in [1.29, 1.82) is 0 Å². The molecule has 0 N–H and O–H groups in total. The number of benzene rings is 4. The lowest BCUT2D eigenvalue weighted by atomic mass is 10.3. The molecule has 0 unspecified atom stereocenters. The maximum absolute atomic E-state index is 6.61. The van der Waals surface area contributed by atoms with Crippen LogP contribution in [-0.2, 0) is 9.47 Å². The molecule has 1 fully saturated rings. The molecule has 0 amide bonds. The Morgan fingerprint density at radius 2 is 0.743 bits per heavy atom. The molecule has 1 heterocycles. The second-order valence-electron chi connectivity index (χ2n) is 9.28. The van der Waals surface area contributed by atoms with Gasteiger partial charge in [-0.15, -0.1) is 0 Å². The third-order valence-corrected chi connectivity index (χ3v) is 11.4. The fraction of sp³-hybridized carbons (Fsp3) is 0.226. The van der Waals surface area contributed by atoms with Crippen LogP contribution in [0.1, 0.15) is 13.8 Å². The third-order valence-electron chi connectivity index (χ3n) is 6.28. The predicted octanol–water partition coefficient (Wildman–Crippen LogP) is 5.77. The number of rotatable bonds is 8. The third kappa shape index (κ3) is 6.08. The molecule has 0 radical (unpaired) electrons. The molecule has 1 saturated heterocycles. The molecule has 1 aliphatic heterocycles. The first-order chi connectivity index (χ1) is 17.1. The molecule has 2 atom stereocenters. The van der Waals surface area contributed by atoms with Gasteiger partial charge < -0.3 is 9.47 Å². The number of hydrogen-bond donors (Lipinski definition) is 0. The van der Waals surface area contributed by atoms with Gasteiger partial charge in [0, 0.05) is 12.3 Å². The Kier molecular flexibility index (Phi) is 7.76. The van der Waals surface area contributed by atoms with Crippen LogP contribution in [-0.4, -0.2) is 30.3 Å². The second-order valence-corrected chi connectivity index (χ2v) is 13.8. The average molecular weight is 499 g/mol. The van der Waals surface area contributed by atoms with Crippen molar-refractivity contribution in [2.45, 2.75) is 31.8 Å². The lowest BCUT2D eigenvalue weighted by molar-refractivity contribution is -0.142. The monoisotopic (exact) mass is 498 g/mol. The van der Waals surface area contributed by atoms with Gasteiger partial charge in [0.05, 0.1) is 12.2 Å². The SMILES string of the molecule is CC1(C)O[C@@H](CP(c2ccccc2)c2ccccc2)[C@H](CP(c2ccccc2)c2ccccc2)O1. The number of ether oxygens (including phenoxy) is 2. The summed E-state index contributed by atoms with van der Waals surface area (Å²) >= 11 is 0. The molecule has 4 heteroatoms. The van der Waals surface area contributed by atoms with Gasteiger partial charge in [-0.3, -0.25) is 0 Å². The topological polar surface area (TPSA) is 18.5 Å². The molecule has 0 spiro atoms. The van der Waals surface area contributed by atoms with Gasteiger partial charge in [-0.05, 0) is 50.9 Å². The van der Waals surface area contributed by atoms with Crippen molar-refractivity contribution in [3.05, 3.63) is 121 Å². The molecule has 0 aliphatic carbocycles. The Balaban J connectivity index is 1.46. The number of hydrogen-bond acceptors (Lipinski definition) is 2. The van der Waals surface area contributed by atoms with E-state index in [9.17, 15) is 0 Å². The highest BCUT2D eigenvalue weighted by Gasteiger charge is 2.43. The highest BCUT2D eigenvalue weighted by atomic mass is 31.1. The molecule has 0 bridgehead atoms. The van der Waals surface area contributed by atoms with Crippen LogP contribution in [0.15, 0.2) is 121 Å². The van der Waals surface area contributed by atoms with E-state index in [2.05, 4.69) is 135 Å². The molecule has 178 valence electrons. The maximum atomic E-state index is 6.61. The summed E-state index contributed by atoms with van der Waals surface area (Å²) in [5, 5.41) is 5.53. The van der Waals surface area contributed by atoms with Gasteiger partial charge in [-0.1, -0.05) is 121 Å². The first-order valence-electron chi connectivity index (χ1n) is 12.2. The summed E-state index contributed by atoms with van der Waals surface area (Å²) in [4.78, 5) is 0. The van der Waals surface area contributed by atoms with Crippen molar-refractivity contribution in [3.8, 4) is 0 Å². The van der Waals surface area contributed by atoms with Crippen LogP contribution in [0.3, 0.4) is 0 Å². The summed E-state index contributed by atoms with van der Waals surface area (Å²) in [6.45, 7) is 4.11. The van der Waals surface area contributed by atoms with E-state index in [-0.39, 0.29) is 12.2 Å². The van der Waals surface area contributed by atoms with Crippen LogP contribution in [0.4, 0.5) is 0 Å². The zero-order valence-corrected chi connectivity index (χ0v) is 22.1. The molecule has 2 nitrogen and oxygen atoms in total. The Bertz CT molecular complexity index is 1010. The molecule has 5 rings (SSSR count). The van der Waals surface area contributed by atoms with E-state index in [4.69, 9.17) is 9.47 Å². The molecule has 0 saturated carbocycles. The maximum Gasteiger partial charge on any atom is 0.163 e. The van der Waals surface area contributed by atoms with Crippen molar-refractivity contribution in [2.75, 3.05) is 12.3 Å². The van der Waals surface area contributed by atoms with Gasteiger partial charge in [0.2, 0.25) is 0 Å². The first-order valence-corrected chi connectivity index (χ1v) is 15.3. The highest BCUT2D eigenvalue weighted by Crippen LogP contribution is 2.44. The summed E-state index contributed by atoms with van der Waals surface area (Å²) < 4.78 is 13.2. The molecular weight excluding hydrogens is 466 g/mol. The summed E-state index contributed by atoms with van der Waals surface area (Å²) in [5.74, 6) is -0.585. The lowest BCUT2D eigenvalue weighted by Crippen LogP contribution is -2.33. The van der Waals surface area contributed by atoms with Crippen LogP contribution in [0.25, 0.3) is 0 Å². The molecule has 0 aromatic heterocycles. The van der Waals surface area contributed by atoms with Crippen molar-refractivity contribution in [1.82, 2.24) is 0 Å². The van der Waals surface area contributed by atoms with E-state index >= 15 is 0 Å². The van der Waals surface area contributed by atoms with Crippen LogP contribution in [0, 0.1) is 0 Å². The molecule has 4 aromatic rings. The molecule has 35 heavy (non-hydrogen) atoms. The molecular formula is C31H32O2P2. The van der Waals surface area contributed by atoms with E-state index in [1.165, 1.54) is 21.2 Å². The van der Waals surface area contributed by atoms with E-state index in [1.54, 1.807) is 0 Å².